The molecular formula is C22H29N7OS. The number of fused-ring (bicyclic) bond motifs is 1. The van der Waals surface area contributed by atoms with Gasteiger partial charge in [0.1, 0.15) is 12.1 Å². The second kappa shape index (κ2) is 8.76. The Kier molecular flexibility index (Phi) is 6.06. The molecule has 31 heavy (non-hydrogen) atoms. The Morgan fingerprint density at radius 1 is 1.16 bits per heavy atom. The summed E-state index contributed by atoms with van der Waals surface area (Å²) in [5.41, 5.74) is 4.15. The van der Waals surface area contributed by atoms with E-state index in [0.717, 1.165) is 47.0 Å². The van der Waals surface area contributed by atoms with Gasteiger partial charge >= 0.3 is 0 Å². The number of hydrogen-bond acceptors (Lipinski definition) is 8. The highest BCUT2D eigenvalue weighted by atomic mass is 32.1. The summed E-state index contributed by atoms with van der Waals surface area (Å²) in [6.45, 7) is 14.4. The molecule has 8 nitrogen and oxygen atoms in total. The number of nitrogens with one attached hydrogen (secondary N) is 1. The molecule has 0 saturated heterocycles. The summed E-state index contributed by atoms with van der Waals surface area (Å²) in [7, 11) is 0. The third-order valence-electron chi connectivity index (χ3n) is 5.43. The molecule has 0 saturated carbocycles. The van der Waals surface area contributed by atoms with Crippen molar-refractivity contribution in [3.8, 4) is 17.1 Å². The quantitative estimate of drug-likeness (QED) is 0.427. The Morgan fingerprint density at radius 2 is 1.94 bits per heavy atom. The average molecular weight is 440 g/mol. The van der Waals surface area contributed by atoms with Gasteiger partial charge in [-0.2, -0.15) is 11.3 Å². The van der Waals surface area contributed by atoms with Gasteiger partial charge in [0.05, 0.1) is 16.9 Å². The number of nitrogens with zero attached hydrogens (tertiary/aromatic N) is 6. The van der Waals surface area contributed by atoms with Crippen molar-refractivity contribution in [2.45, 2.75) is 53.6 Å². The second-order valence-corrected chi connectivity index (χ2v) is 9.00. The fourth-order valence-corrected chi connectivity index (χ4v) is 4.56. The lowest BCUT2D eigenvalue weighted by molar-refractivity contribution is 0.182. The molecule has 0 aliphatic rings. The summed E-state index contributed by atoms with van der Waals surface area (Å²) in [6, 6.07) is 3.01. The molecule has 0 amide bonds. The zero-order valence-electron chi connectivity index (χ0n) is 18.9. The van der Waals surface area contributed by atoms with Crippen LogP contribution >= 0.6 is 11.3 Å². The SMILES string of the molecule is Cc1noc(C)c1-c1nc(NCCN(C(C)C)C(C)C)c2ncn(-c3ccsc3)c2n1. The highest BCUT2D eigenvalue weighted by Gasteiger charge is 2.20. The minimum Gasteiger partial charge on any atom is -0.367 e. The van der Waals surface area contributed by atoms with Gasteiger partial charge in [0.25, 0.3) is 0 Å². The molecule has 4 rings (SSSR count). The van der Waals surface area contributed by atoms with Gasteiger partial charge in [0, 0.05) is 30.6 Å². The van der Waals surface area contributed by atoms with Crippen molar-refractivity contribution in [1.82, 2.24) is 29.6 Å². The molecule has 0 unspecified atom stereocenters. The van der Waals surface area contributed by atoms with Crippen LogP contribution in [-0.4, -0.2) is 54.7 Å². The lowest BCUT2D eigenvalue weighted by Crippen LogP contribution is -2.40. The first kappa shape index (κ1) is 21.5. The Balaban J connectivity index is 1.75. The fraction of sp³-hybridized carbons (Fsp3) is 0.455. The summed E-state index contributed by atoms with van der Waals surface area (Å²) in [6.07, 6.45) is 1.80. The van der Waals surface area contributed by atoms with Gasteiger partial charge in [0.15, 0.2) is 22.8 Å². The molecule has 0 aromatic carbocycles. The predicted octanol–water partition coefficient (Wildman–Crippen LogP) is 4.68. The highest BCUT2D eigenvalue weighted by molar-refractivity contribution is 7.08. The number of anilines is 1. The lowest BCUT2D eigenvalue weighted by Gasteiger charge is -2.30. The predicted molar refractivity (Wildman–Crippen MR) is 125 cm³/mol. The van der Waals surface area contributed by atoms with E-state index in [1.165, 1.54) is 0 Å². The first-order valence-corrected chi connectivity index (χ1v) is 11.5. The number of thiophene rings is 1. The Morgan fingerprint density at radius 3 is 2.55 bits per heavy atom. The minimum absolute atomic E-state index is 0.475. The van der Waals surface area contributed by atoms with Crippen LogP contribution in [0.2, 0.25) is 0 Å². The van der Waals surface area contributed by atoms with Crippen LogP contribution in [0.15, 0.2) is 27.7 Å². The number of aromatic nitrogens is 5. The summed E-state index contributed by atoms with van der Waals surface area (Å²) in [5, 5.41) is 11.7. The lowest BCUT2D eigenvalue weighted by atomic mass is 10.2. The topological polar surface area (TPSA) is 84.9 Å². The van der Waals surface area contributed by atoms with Crippen LogP contribution < -0.4 is 5.32 Å². The molecule has 164 valence electrons. The van der Waals surface area contributed by atoms with Crippen molar-refractivity contribution in [3.05, 3.63) is 34.6 Å². The first-order chi connectivity index (χ1) is 14.9. The number of imidazole rings is 1. The monoisotopic (exact) mass is 439 g/mol. The maximum atomic E-state index is 5.37. The molecule has 4 aromatic heterocycles. The van der Waals surface area contributed by atoms with Crippen LogP contribution in [0.5, 0.6) is 0 Å². The maximum Gasteiger partial charge on any atom is 0.170 e. The molecular weight excluding hydrogens is 410 g/mol. The van der Waals surface area contributed by atoms with Crippen molar-refractivity contribution < 1.29 is 4.52 Å². The van der Waals surface area contributed by atoms with Crippen molar-refractivity contribution in [2.24, 2.45) is 0 Å². The van der Waals surface area contributed by atoms with E-state index in [1.54, 1.807) is 17.7 Å². The summed E-state index contributed by atoms with van der Waals surface area (Å²) in [5.74, 6) is 2.02. The average Bonchev–Trinajstić information content (AvgIpc) is 3.44. The van der Waals surface area contributed by atoms with Gasteiger partial charge in [-0.3, -0.25) is 9.47 Å². The van der Waals surface area contributed by atoms with Crippen molar-refractivity contribution in [3.63, 3.8) is 0 Å². The Hall–Kier alpha value is -2.78. The van der Waals surface area contributed by atoms with Crippen LogP contribution in [-0.2, 0) is 0 Å². The molecule has 0 fully saturated rings. The minimum atomic E-state index is 0.475. The molecule has 0 radical (unpaired) electrons. The van der Waals surface area contributed by atoms with Gasteiger partial charge in [-0.25, -0.2) is 15.0 Å². The normalized spacial score (nSPS) is 12.0. The van der Waals surface area contributed by atoms with Crippen molar-refractivity contribution in [1.29, 1.82) is 0 Å². The summed E-state index contributed by atoms with van der Waals surface area (Å²) < 4.78 is 7.37. The smallest absolute Gasteiger partial charge is 0.170 e. The standard InChI is InChI=1S/C22H29N7OS/c1-13(2)28(14(3)4)9-8-23-21-19-22(29(12-24-19)17-7-10-31-11-17)26-20(25-21)18-15(5)27-30-16(18)6/h7,10-14H,8-9H2,1-6H3,(H,23,25,26). The number of aryl methyl sites for hydroxylation is 2. The van der Waals surface area contributed by atoms with E-state index in [2.05, 4.69) is 59.5 Å². The summed E-state index contributed by atoms with van der Waals surface area (Å²) in [4.78, 5) is 16.8. The molecule has 4 aromatic rings. The van der Waals surface area contributed by atoms with Gasteiger partial charge in [-0.1, -0.05) is 5.16 Å². The molecule has 0 spiro atoms. The molecule has 1 N–H and O–H groups in total. The van der Waals surface area contributed by atoms with E-state index in [4.69, 9.17) is 14.5 Å². The number of rotatable bonds is 8. The third-order valence-corrected chi connectivity index (χ3v) is 6.10. The second-order valence-electron chi connectivity index (χ2n) is 8.22. The third kappa shape index (κ3) is 4.20. The first-order valence-electron chi connectivity index (χ1n) is 10.6. The van der Waals surface area contributed by atoms with E-state index < -0.39 is 0 Å². The van der Waals surface area contributed by atoms with E-state index in [-0.39, 0.29) is 0 Å². The maximum absolute atomic E-state index is 5.37. The molecule has 9 heteroatoms. The van der Waals surface area contributed by atoms with Crippen LogP contribution in [0.1, 0.15) is 39.1 Å². The molecule has 0 aliphatic heterocycles. The van der Waals surface area contributed by atoms with E-state index in [9.17, 15) is 0 Å². The zero-order chi connectivity index (χ0) is 22.1. The van der Waals surface area contributed by atoms with E-state index in [1.807, 2.05) is 23.8 Å². The number of hydrogen-bond donors (Lipinski definition) is 1. The fourth-order valence-electron chi connectivity index (χ4n) is 3.94. The largest absolute Gasteiger partial charge is 0.367 e. The van der Waals surface area contributed by atoms with Crippen LogP contribution in [0.3, 0.4) is 0 Å². The Labute approximate surface area is 186 Å². The van der Waals surface area contributed by atoms with Crippen LogP contribution in [0, 0.1) is 13.8 Å². The van der Waals surface area contributed by atoms with Gasteiger partial charge in [0.2, 0.25) is 0 Å². The highest BCUT2D eigenvalue weighted by Crippen LogP contribution is 2.29. The molecule has 0 aliphatic carbocycles. The Bertz CT molecular complexity index is 1130. The summed E-state index contributed by atoms with van der Waals surface area (Å²) >= 11 is 1.64. The van der Waals surface area contributed by atoms with Gasteiger partial charge in [-0.05, 0) is 53.0 Å². The van der Waals surface area contributed by atoms with Crippen LogP contribution in [0.4, 0.5) is 5.82 Å². The van der Waals surface area contributed by atoms with E-state index in [0.29, 0.717) is 23.7 Å². The van der Waals surface area contributed by atoms with Crippen molar-refractivity contribution in [2.75, 3.05) is 18.4 Å². The molecule has 0 atom stereocenters. The van der Waals surface area contributed by atoms with E-state index >= 15 is 0 Å². The van der Waals surface area contributed by atoms with Gasteiger partial charge in [-0.15, -0.1) is 0 Å². The van der Waals surface area contributed by atoms with Crippen molar-refractivity contribution >= 4 is 28.3 Å². The molecule has 0 bridgehead atoms. The van der Waals surface area contributed by atoms with Crippen LogP contribution in [0.25, 0.3) is 28.2 Å². The zero-order valence-corrected chi connectivity index (χ0v) is 19.7. The van der Waals surface area contributed by atoms with Gasteiger partial charge < -0.3 is 9.84 Å². The molecule has 4 heterocycles.